The molecule has 1 aliphatic rings. The van der Waals surface area contributed by atoms with Crippen LogP contribution < -0.4 is 5.32 Å². The second-order valence-corrected chi connectivity index (χ2v) is 9.39. The van der Waals surface area contributed by atoms with Gasteiger partial charge in [0.25, 0.3) is 0 Å². The van der Waals surface area contributed by atoms with E-state index in [0.29, 0.717) is 0 Å². The Bertz CT molecular complexity index is 1410. The lowest BCUT2D eigenvalue weighted by molar-refractivity contribution is 0.660. The quantitative estimate of drug-likeness (QED) is 0.320. The highest BCUT2D eigenvalue weighted by molar-refractivity contribution is 7.26. The fourth-order valence-electron chi connectivity index (χ4n) is 4.78. The zero-order valence-electron chi connectivity index (χ0n) is 16.5. The minimum Gasteiger partial charge on any atom is -0.354 e. The summed E-state index contributed by atoms with van der Waals surface area (Å²) in [6, 6.07) is 30.8. The molecule has 4 aromatic carbocycles. The molecule has 0 saturated carbocycles. The average Bonchev–Trinajstić information content (AvgIpc) is 3.23. The molecule has 0 bridgehead atoms. The molecule has 0 atom stereocenters. The van der Waals surface area contributed by atoms with Gasteiger partial charge >= 0.3 is 0 Å². The van der Waals surface area contributed by atoms with Gasteiger partial charge in [-0.2, -0.15) is 0 Å². The van der Waals surface area contributed by atoms with E-state index in [-0.39, 0.29) is 5.41 Å². The Morgan fingerprint density at radius 3 is 2.38 bits per heavy atom. The van der Waals surface area contributed by atoms with Crippen LogP contribution in [0.2, 0.25) is 0 Å². The minimum atomic E-state index is 0.0211. The molecule has 29 heavy (non-hydrogen) atoms. The minimum absolute atomic E-state index is 0.0211. The first-order chi connectivity index (χ1) is 14.1. The molecule has 140 valence electrons. The Kier molecular flexibility index (Phi) is 3.45. The first kappa shape index (κ1) is 16.8. The summed E-state index contributed by atoms with van der Waals surface area (Å²) in [4.78, 5) is 0. The van der Waals surface area contributed by atoms with Gasteiger partial charge in [0, 0.05) is 26.6 Å². The first-order valence-electron chi connectivity index (χ1n) is 10.0. The van der Waals surface area contributed by atoms with Crippen molar-refractivity contribution in [1.82, 2.24) is 0 Å². The van der Waals surface area contributed by atoms with Crippen LogP contribution in [0.5, 0.6) is 0 Å². The van der Waals surface area contributed by atoms with Crippen LogP contribution in [0.4, 0.5) is 11.4 Å². The third-order valence-corrected chi connectivity index (χ3v) is 7.49. The maximum Gasteiger partial charge on any atom is 0.0590 e. The molecule has 1 nitrogen and oxygen atoms in total. The number of nitrogens with one attached hydrogen (secondary N) is 1. The molecule has 5 aromatic rings. The lowest BCUT2D eigenvalue weighted by atomic mass is 9.82. The van der Waals surface area contributed by atoms with Gasteiger partial charge in [0.05, 0.1) is 10.4 Å². The summed E-state index contributed by atoms with van der Waals surface area (Å²) >= 11 is 1.86. The summed E-state index contributed by atoms with van der Waals surface area (Å²) in [5.74, 6) is 0. The van der Waals surface area contributed by atoms with Crippen LogP contribution >= 0.6 is 11.3 Å². The Labute approximate surface area is 174 Å². The van der Waals surface area contributed by atoms with Crippen LogP contribution in [0.3, 0.4) is 0 Å². The van der Waals surface area contributed by atoms with Gasteiger partial charge in [0.2, 0.25) is 0 Å². The Morgan fingerprint density at radius 2 is 1.45 bits per heavy atom. The SMILES string of the molecule is CC1(C)c2ccccc2-c2ccc(Nc3cccc4c3sc3ccccc34)cc21. The van der Waals surface area contributed by atoms with E-state index in [9.17, 15) is 0 Å². The van der Waals surface area contributed by atoms with Gasteiger partial charge in [-0.25, -0.2) is 0 Å². The maximum atomic E-state index is 3.71. The fraction of sp³-hybridized carbons (Fsp3) is 0.111. The number of rotatable bonds is 2. The Hall–Kier alpha value is -3.10. The summed E-state index contributed by atoms with van der Waals surface area (Å²) < 4.78 is 2.65. The molecule has 6 rings (SSSR count). The zero-order chi connectivity index (χ0) is 19.6. The Morgan fingerprint density at radius 1 is 0.690 bits per heavy atom. The lowest BCUT2D eigenvalue weighted by Gasteiger charge is -2.22. The van der Waals surface area contributed by atoms with Crippen molar-refractivity contribution in [2.45, 2.75) is 19.3 Å². The standard InChI is InChI=1S/C27H21NS/c1-27(2)22-11-5-3-8-18(22)19-15-14-17(16-23(19)27)28-24-12-7-10-21-20-9-4-6-13-25(20)29-26(21)24/h3-16,28H,1-2H3. The number of thiophene rings is 1. The number of hydrogen-bond acceptors (Lipinski definition) is 2. The highest BCUT2D eigenvalue weighted by Gasteiger charge is 2.35. The Balaban J connectivity index is 1.47. The van der Waals surface area contributed by atoms with Gasteiger partial charge in [-0.3, -0.25) is 0 Å². The molecule has 0 fully saturated rings. The van der Waals surface area contributed by atoms with E-state index in [4.69, 9.17) is 0 Å². The number of anilines is 2. The van der Waals surface area contributed by atoms with E-state index in [0.717, 1.165) is 5.69 Å². The van der Waals surface area contributed by atoms with Gasteiger partial charge in [-0.15, -0.1) is 11.3 Å². The van der Waals surface area contributed by atoms with Crippen molar-refractivity contribution in [1.29, 1.82) is 0 Å². The predicted octanol–water partition coefficient (Wildman–Crippen LogP) is 8.10. The van der Waals surface area contributed by atoms with Crippen LogP contribution in [0, 0.1) is 0 Å². The van der Waals surface area contributed by atoms with Gasteiger partial charge < -0.3 is 5.32 Å². The van der Waals surface area contributed by atoms with Crippen molar-refractivity contribution in [3.05, 3.63) is 96.1 Å². The third-order valence-electron chi connectivity index (χ3n) is 6.27. The number of benzene rings is 4. The van der Waals surface area contributed by atoms with Gasteiger partial charge in [0.1, 0.15) is 0 Å². The van der Waals surface area contributed by atoms with E-state index < -0.39 is 0 Å². The molecule has 1 aromatic heterocycles. The van der Waals surface area contributed by atoms with E-state index in [1.54, 1.807) is 0 Å². The normalized spacial score (nSPS) is 14.1. The highest BCUT2D eigenvalue weighted by Crippen LogP contribution is 2.49. The molecule has 1 aliphatic carbocycles. The highest BCUT2D eigenvalue weighted by atomic mass is 32.1. The van der Waals surface area contributed by atoms with Crippen LogP contribution in [0.25, 0.3) is 31.3 Å². The topological polar surface area (TPSA) is 12.0 Å². The molecular formula is C27H21NS. The zero-order valence-corrected chi connectivity index (χ0v) is 17.3. The molecule has 1 heterocycles. The second kappa shape index (κ2) is 5.95. The smallest absolute Gasteiger partial charge is 0.0590 e. The van der Waals surface area contributed by atoms with Crippen molar-refractivity contribution in [2.24, 2.45) is 0 Å². The van der Waals surface area contributed by atoms with Gasteiger partial charge in [-0.05, 0) is 46.5 Å². The summed E-state index contributed by atoms with van der Waals surface area (Å²) in [6.45, 7) is 4.66. The predicted molar refractivity (Wildman–Crippen MR) is 127 cm³/mol. The van der Waals surface area contributed by atoms with Gasteiger partial charge in [-0.1, -0.05) is 74.5 Å². The largest absolute Gasteiger partial charge is 0.354 e. The van der Waals surface area contributed by atoms with Crippen LogP contribution in [0.1, 0.15) is 25.0 Å². The molecule has 0 amide bonds. The molecular weight excluding hydrogens is 370 g/mol. The van der Waals surface area contributed by atoms with Crippen LogP contribution in [-0.2, 0) is 5.41 Å². The summed E-state index contributed by atoms with van der Waals surface area (Å²) in [5.41, 5.74) is 7.88. The van der Waals surface area contributed by atoms with Crippen molar-refractivity contribution in [2.75, 3.05) is 5.32 Å². The molecule has 0 unspecified atom stereocenters. The van der Waals surface area contributed by atoms with E-state index in [1.165, 1.54) is 48.1 Å². The third kappa shape index (κ3) is 2.39. The second-order valence-electron chi connectivity index (χ2n) is 8.34. The number of hydrogen-bond donors (Lipinski definition) is 1. The van der Waals surface area contributed by atoms with Crippen molar-refractivity contribution in [3.8, 4) is 11.1 Å². The molecule has 0 aliphatic heterocycles. The summed E-state index contributed by atoms with van der Waals surface area (Å²) in [7, 11) is 0. The van der Waals surface area contributed by atoms with Crippen molar-refractivity contribution < 1.29 is 0 Å². The average molecular weight is 392 g/mol. The summed E-state index contributed by atoms with van der Waals surface area (Å²) in [5, 5.41) is 6.37. The first-order valence-corrected chi connectivity index (χ1v) is 10.9. The number of fused-ring (bicyclic) bond motifs is 6. The molecule has 0 radical (unpaired) electrons. The van der Waals surface area contributed by atoms with E-state index in [1.807, 2.05) is 11.3 Å². The molecule has 1 N–H and O–H groups in total. The van der Waals surface area contributed by atoms with E-state index in [2.05, 4.69) is 104 Å². The van der Waals surface area contributed by atoms with Crippen molar-refractivity contribution in [3.63, 3.8) is 0 Å². The maximum absolute atomic E-state index is 3.71. The fourth-order valence-corrected chi connectivity index (χ4v) is 5.95. The summed E-state index contributed by atoms with van der Waals surface area (Å²) in [6.07, 6.45) is 0. The molecule has 2 heteroatoms. The van der Waals surface area contributed by atoms with E-state index >= 15 is 0 Å². The van der Waals surface area contributed by atoms with Crippen LogP contribution in [0.15, 0.2) is 84.9 Å². The lowest BCUT2D eigenvalue weighted by Crippen LogP contribution is -2.15. The van der Waals surface area contributed by atoms with Crippen LogP contribution in [-0.4, -0.2) is 0 Å². The monoisotopic (exact) mass is 391 g/mol. The molecule has 0 saturated heterocycles. The van der Waals surface area contributed by atoms with Gasteiger partial charge in [0.15, 0.2) is 0 Å². The van der Waals surface area contributed by atoms with Crippen molar-refractivity contribution >= 4 is 42.9 Å². The molecule has 0 spiro atoms.